The van der Waals surface area contributed by atoms with Gasteiger partial charge in [0.05, 0.1) is 4.88 Å². The third kappa shape index (κ3) is 1.84. The maximum absolute atomic E-state index is 12.1. The van der Waals surface area contributed by atoms with Gasteiger partial charge >= 0.3 is 10.2 Å². The van der Waals surface area contributed by atoms with Crippen LogP contribution in [0.3, 0.4) is 0 Å². The van der Waals surface area contributed by atoms with Crippen LogP contribution in [0.15, 0.2) is 16.3 Å². The minimum absolute atomic E-state index is 0.196. The summed E-state index contributed by atoms with van der Waals surface area (Å²) in [5, 5.41) is 1.08. The van der Waals surface area contributed by atoms with E-state index in [-0.39, 0.29) is 4.88 Å². The van der Waals surface area contributed by atoms with Gasteiger partial charge in [0.25, 0.3) is 0 Å². The summed E-state index contributed by atoms with van der Waals surface area (Å²) in [5.74, 6) is 0. The van der Waals surface area contributed by atoms with E-state index in [9.17, 15) is 17.1 Å². The summed E-state index contributed by atoms with van der Waals surface area (Å²) in [6.45, 7) is 0. The molecule has 1 heterocycles. The highest BCUT2D eigenvalue weighted by atomic mass is 32.3. The van der Waals surface area contributed by atoms with E-state index in [1.165, 1.54) is 0 Å². The smallest absolute Gasteiger partial charge is 0.297 e. The average molecular weight is 194 g/mol. The Kier molecular flexibility index (Phi) is 2.05. The molecule has 0 aliphatic carbocycles. The number of carbonyl (C=O) groups excluding carboxylic acids is 1. The number of aldehydes is 1. The van der Waals surface area contributed by atoms with Crippen LogP contribution in [0, 0.1) is 0 Å². The number of hydrogen-bond acceptors (Lipinski definition) is 4. The molecule has 0 saturated carbocycles. The fraction of sp³-hybridized carbons (Fsp3) is 0. The van der Waals surface area contributed by atoms with Crippen LogP contribution in [-0.2, 0) is 10.2 Å². The van der Waals surface area contributed by atoms with Gasteiger partial charge in [-0.05, 0) is 6.07 Å². The van der Waals surface area contributed by atoms with Gasteiger partial charge in [0.1, 0.15) is 4.90 Å². The standard InChI is InChI=1S/C5H3FO3S2/c6-11(8,9)5-1-4(2-7)10-3-5/h1-3H. The van der Waals surface area contributed by atoms with Gasteiger partial charge in [-0.1, -0.05) is 0 Å². The number of halogens is 1. The molecule has 0 radical (unpaired) electrons. The second kappa shape index (κ2) is 2.71. The van der Waals surface area contributed by atoms with E-state index in [2.05, 4.69) is 0 Å². The molecule has 0 bridgehead atoms. The van der Waals surface area contributed by atoms with Crippen molar-refractivity contribution in [2.45, 2.75) is 4.90 Å². The Hall–Kier alpha value is -0.750. The van der Waals surface area contributed by atoms with Gasteiger partial charge in [0.15, 0.2) is 6.29 Å². The lowest BCUT2D eigenvalue weighted by Gasteiger charge is -1.82. The van der Waals surface area contributed by atoms with Crippen LogP contribution < -0.4 is 0 Å². The molecule has 0 unspecified atom stereocenters. The first kappa shape index (κ1) is 8.35. The molecule has 0 atom stereocenters. The van der Waals surface area contributed by atoms with Crippen molar-refractivity contribution < 1.29 is 17.1 Å². The summed E-state index contributed by atoms with van der Waals surface area (Å²) in [5.41, 5.74) is 0. The fourth-order valence-corrected chi connectivity index (χ4v) is 2.04. The van der Waals surface area contributed by atoms with E-state index in [0.717, 1.165) is 22.8 Å². The zero-order valence-electron chi connectivity index (χ0n) is 5.15. The van der Waals surface area contributed by atoms with Gasteiger partial charge in [-0.3, -0.25) is 4.79 Å². The molecule has 0 N–H and O–H groups in total. The number of hydrogen-bond donors (Lipinski definition) is 0. The van der Waals surface area contributed by atoms with Crippen LogP contribution in [0.2, 0.25) is 0 Å². The summed E-state index contributed by atoms with van der Waals surface area (Å²) >= 11 is 0.889. The number of carbonyl (C=O) groups is 1. The van der Waals surface area contributed by atoms with Crippen molar-refractivity contribution in [1.82, 2.24) is 0 Å². The van der Waals surface area contributed by atoms with E-state index in [1.54, 1.807) is 0 Å². The molecular formula is C5H3FO3S2. The highest BCUT2D eigenvalue weighted by molar-refractivity contribution is 7.86. The van der Waals surface area contributed by atoms with E-state index < -0.39 is 15.1 Å². The van der Waals surface area contributed by atoms with Crippen LogP contribution in [-0.4, -0.2) is 14.7 Å². The Morgan fingerprint density at radius 3 is 2.45 bits per heavy atom. The molecule has 60 valence electrons. The number of rotatable bonds is 2. The lowest BCUT2D eigenvalue weighted by molar-refractivity contribution is 0.112. The molecule has 1 rings (SSSR count). The largest absolute Gasteiger partial charge is 0.332 e. The SMILES string of the molecule is O=Cc1cc(S(=O)(=O)F)cs1. The molecule has 0 aliphatic heterocycles. The van der Waals surface area contributed by atoms with E-state index in [1.807, 2.05) is 0 Å². The summed E-state index contributed by atoms with van der Waals surface area (Å²) in [6.07, 6.45) is 0.472. The van der Waals surface area contributed by atoms with Gasteiger partial charge in [0, 0.05) is 5.38 Å². The van der Waals surface area contributed by atoms with Crippen molar-refractivity contribution in [2.75, 3.05) is 0 Å². The monoisotopic (exact) mass is 194 g/mol. The first-order chi connectivity index (χ1) is 5.04. The van der Waals surface area contributed by atoms with Gasteiger partial charge in [-0.2, -0.15) is 8.42 Å². The first-order valence-corrected chi connectivity index (χ1v) is 4.79. The molecule has 0 spiro atoms. The van der Waals surface area contributed by atoms with Crippen LogP contribution in [0.25, 0.3) is 0 Å². The lowest BCUT2D eigenvalue weighted by Crippen LogP contribution is -1.87. The van der Waals surface area contributed by atoms with E-state index >= 15 is 0 Å². The van der Waals surface area contributed by atoms with Crippen molar-refractivity contribution in [3.05, 3.63) is 16.3 Å². The Morgan fingerprint density at radius 2 is 2.18 bits per heavy atom. The highest BCUT2D eigenvalue weighted by Gasteiger charge is 2.13. The van der Waals surface area contributed by atoms with Crippen LogP contribution in [0.5, 0.6) is 0 Å². The molecule has 0 aromatic carbocycles. The van der Waals surface area contributed by atoms with Crippen molar-refractivity contribution in [3.8, 4) is 0 Å². The minimum atomic E-state index is -4.64. The van der Waals surface area contributed by atoms with Crippen molar-refractivity contribution in [2.24, 2.45) is 0 Å². The second-order valence-electron chi connectivity index (χ2n) is 1.74. The summed E-state index contributed by atoms with van der Waals surface area (Å²) in [4.78, 5) is 9.78. The van der Waals surface area contributed by atoms with Gasteiger partial charge in [-0.15, -0.1) is 15.2 Å². The molecule has 6 heteroatoms. The summed E-state index contributed by atoms with van der Waals surface area (Å²) in [6, 6.07) is 0.993. The third-order valence-corrected chi connectivity index (χ3v) is 2.80. The topological polar surface area (TPSA) is 51.2 Å². The number of thiophene rings is 1. The maximum atomic E-state index is 12.1. The van der Waals surface area contributed by atoms with Gasteiger partial charge < -0.3 is 0 Å². The van der Waals surface area contributed by atoms with Crippen LogP contribution >= 0.6 is 11.3 Å². The van der Waals surface area contributed by atoms with Gasteiger partial charge in [-0.25, -0.2) is 0 Å². The zero-order chi connectivity index (χ0) is 8.48. The molecule has 1 aromatic rings. The van der Waals surface area contributed by atoms with Crippen LogP contribution in [0.4, 0.5) is 3.89 Å². The lowest BCUT2D eigenvalue weighted by atomic mass is 10.5. The van der Waals surface area contributed by atoms with Crippen molar-refractivity contribution >= 4 is 27.8 Å². The highest BCUT2D eigenvalue weighted by Crippen LogP contribution is 2.19. The molecule has 11 heavy (non-hydrogen) atoms. The molecule has 0 aliphatic rings. The van der Waals surface area contributed by atoms with Crippen molar-refractivity contribution in [3.63, 3.8) is 0 Å². The molecule has 3 nitrogen and oxygen atoms in total. The summed E-state index contributed by atoms with van der Waals surface area (Å²) in [7, 11) is -4.64. The fourth-order valence-electron chi connectivity index (χ4n) is 0.524. The van der Waals surface area contributed by atoms with Crippen LogP contribution in [0.1, 0.15) is 9.67 Å². The van der Waals surface area contributed by atoms with E-state index in [4.69, 9.17) is 0 Å². The van der Waals surface area contributed by atoms with E-state index in [0.29, 0.717) is 6.29 Å². The third-order valence-electron chi connectivity index (χ3n) is 0.993. The second-order valence-corrected chi connectivity index (χ2v) is 4.03. The predicted molar refractivity (Wildman–Crippen MR) is 38.0 cm³/mol. The van der Waals surface area contributed by atoms with Crippen molar-refractivity contribution in [1.29, 1.82) is 0 Å². The predicted octanol–water partition coefficient (Wildman–Crippen LogP) is 1.22. The minimum Gasteiger partial charge on any atom is -0.297 e. The Balaban J connectivity index is 3.18. The molecule has 0 fully saturated rings. The first-order valence-electron chi connectivity index (χ1n) is 2.52. The zero-order valence-corrected chi connectivity index (χ0v) is 6.78. The normalized spacial score (nSPS) is 11.4. The maximum Gasteiger partial charge on any atom is 0.332 e. The molecular weight excluding hydrogens is 191 g/mol. The Bertz CT molecular complexity index is 365. The molecule has 0 amide bonds. The quantitative estimate of drug-likeness (QED) is 0.525. The molecule has 1 aromatic heterocycles. The molecule has 0 saturated heterocycles. The Labute approximate surface area is 66.7 Å². The average Bonchev–Trinajstić information content (AvgIpc) is 2.32. The summed E-state index contributed by atoms with van der Waals surface area (Å²) < 4.78 is 32.5. The van der Waals surface area contributed by atoms with Gasteiger partial charge in [0.2, 0.25) is 0 Å². The Morgan fingerprint density at radius 1 is 1.55 bits per heavy atom.